The van der Waals surface area contributed by atoms with Crippen LogP contribution in [0.5, 0.6) is 5.75 Å². The van der Waals surface area contributed by atoms with E-state index >= 15 is 0 Å². The first-order valence-corrected chi connectivity index (χ1v) is 14.1. The summed E-state index contributed by atoms with van der Waals surface area (Å²) >= 11 is 0. The minimum Gasteiger partial charge on any atom is -0.508 e. The van der Waals surface area contributed by atoms with Crippen molar-refractivity contribution in [3.05, 3.63) is 114 Å². The Morgan fingerprint density at radius 1 is 0.897 bits per heavy atom. The Morgan fingerprint density at radius 3 is 2.26 bits per heavy atom. The van der Waals surface area contributed by atoms with Crippen LogP contribution in [0.4, 0.5) is 10.1 Å². The van der Waals surface area contributed by atoms with Crippen molar-refractivity contribution in [1.29, 1.82) is 0 Å². The van der Waals surface area contributed by atoms with E-state index < -0.39 is 31.5 Å². The summed E-state index contributed by atoms with van der Waals surface area (Å²) in [6, 6.07) is 25.3. The van der Waals surface area contributed by atoms with Crippen LogP contribution >= 0.6 is 7.60 Å². The molecule has 0 spiro atoms. The van der Waals surface area contributed by atoms with E-state index in [-0.39, 0.29) is 35.4 Å². The fourth-order valence-corrected chi connectivity index (χ4v) is 6.03. The zero-order chi connectivity index (χ0) is 27.7. The lowest BCUT2D eigenvalue weighted by Crippen LogP contribution is -2.55. The van der Waals surface area contributed by atoms with Crippen molar-refractivity contribution in [3.8, 4) is 16.9 Å². The summed E-state index contributed by atoms with van der Waals surface area (Å²) in [4.78, 5) is 34.5. The van der Waals surface area contributed by atoms with Crippen molar-refractivity contribution in [2.75, 3.05) is 4.90 Å². The Morgan fingerprint density at radius 2 is 1.56 bits per heavy atom. The molecule has 4 aromatic rings. The molecule has 0 aromatic heterocycles. The average Bonchev–Trinajstić information content (AvgIpc) is 2.92. The van der Waals surface area contributed by atoms with Crippen LogP contribution in [0.25, 0.3) is 11.1 Å². The second-order valence-electron chi connectivity index (χ2n) is 9.54. The molecule has 1 amide bonds. The van der Waals surface area contributed by atoms with Gasteiger partial charge in [-0.3, -0.25) is 9.36 Å². The number of carbonyl (C=O) groups is 1. The molecule has 1 saturated heterocycles. The maximum Gasteiger partial charge on any atom is 0.356 e. The molecule has 39 heavy (non-hydrogen) atoms. The number of phenolic OH excluding ortho intramolecular Hbond substituents is 1. The van der Waals surface area contributed by atoms with E-state index in [0.717, 1.165) is 0 Å². The molecule has 3 atom stereocenters. The van der Waals surface area contributed by atoms with Crippen LogP contribution < -0.4 is 10.2 Å². The van der Waals surface area contributed by atoms with Gasteiger partial charge in [0.1, 0.15) is 11.6 Å². The number of nitrogens with zero attached hydrogens (tertiary/aromatic N) is 1. The summed E-state index contributed by atoms with van der Waals surface area (Å²) in [6.45, 7) is 0. The third kappa shape index (κ3) is 5.24. The summed E-state index contributed by atoms with van der Waals surface area (Å²) in [6.07, 6.45) is -0.694. The topological polar surface area (TPSA) is 118 Å². The van der Waals surface area contributed by atoms with E-state index in [9.17, 15) is 33.7 Å². The van der Waals surface area contributed by atoms with Gasteiger partial charge in [-0.25, -0.2) is 4.39 Å². The molecule has 0 bridgehead atoms. The van der Waals surface area contributed by atoms with Gasteiger partial charge in [0.2, 0.25) is 5.91 Å². The van der Waals surface area contributed by atoms with Crippen LogP contribution in [0.2, 0.25) is 0 Å². The van der Waals surface area contributed by atoms with Crippen molar-refractivity contribution in [2.24, 2.45) is 5.92 Å². The number of aliphatic hydroxyl groups is 1. The highest BCUT2D eigenvalue weighted by molar-refractivity contribution is 7.60. The Balaban J connectivity index is 1.47. The highest BCUT2D eigenvalue weighted by Gasteiger charge is 2.49. The molecule has 5 rings (SSSR count). The fourth-order valence-electron chi connectivity index (χ4n) is 5.23. The van der Waals surface area contributed by atoms with E-state index in [1.54, 1.807) is 65.6 Å². The number of benzene rings is 4. The summed E-state index contributed by atoms with van der Waals surface area (Å²) in [5.74, 6) is -1.41. The summed E-state index contributed by atoms with van der Waals surface area (Å²) in [5, 5.41) is 21.6. The van der Waals surface area contributed by atoms with Crippen LogP contribution in [0, 0.1) is 11.7 Å². The lowest BCUT2D eigenvalue weighted by Gasteiger charge is -2.48. The standard InChI is InChI=1S/C30H27FNO6P/c31-25-12-6-4-11-22(25)26(33)17-16-24-29(32(30(24)35)20-8-2-1-3-9-20)23-15-14-19(18-27(23)34)21-10-5-7-13-28(21)39(36,37)38/h1-15,18,24,26,29,33-34H,16-17H2,(H2,36,37,38). The Hall–Kier alpha value is -3.81. The molecule has 9 heteroatoms. The third-order valence-electron chi connectivity index (χ3n) is 7.14. The molecule has 0 aliphatic carbocycles. The maximum atomic E-state index is 14.2. The molecule has 0 radical (unpaired) electrons. The molecule has 7 nitrogen and oxygen atoms in total. The second kappa shape index (κ2) is 10.8. The lowest BCUT2D eigenvalue weighted by molar-refractivity contribution is -0.131. The molecule has 4 aromatic carbocycles. The number of anilines is 1. The number of hydrogen-bond donors (Lipinski definition) is 4. The summed E-state index contributed by atoms with van der Waals surface area (Å²) in [7, 11) is -4.56. The molecule has 4 N–H and O–H groups in total. The van der Waals surface area contributed by atoms with Gasteiger partial charge in [0, 0.05) is 16.8 Å². The highest BCUT2D eigenvalue weighted by Crippen LogP contribution is 2.49. The van der Waals surface area contributed by atoms with Crippen molar-refractivity contribution >= 4 is 24.5 Å². The number of amides is 1. The normalized spacial score (nSPS) is 18.1. The molecule has 200 valence electrons. The third-order valence-corrected chi connectivity index (χ3v) is 8.16. The van der Waals surface area contributed by atoms with Gasteiger partial charge in [-0.2, -0.15) is 0 Å². The highest BCUT2D eigenvalue weighted by atomic mass is 31.2. The molecule has 1 fully saturated rings. The van der Waals surface area contributed by atoms with Gasteiger partial charge in [0.05, 0.1) is 23.4 Å². The smallest absolute Gasteiger partial charge is 0.356 e. The minimum absolute atomic E-state index is 0.133. The number of phenols is 1. The van der Waals surface area contributed by atoms with Crippen LogP contribution in [0.3, 0.4) is 0 Å². The van der Waals surface area contributed by atoms with E-state index in [2.05, 4.69) is 0 Å². The summed E-state index contributed by atoms with van der Waals surface area (Å²) in [5.41, 5.74) is 1.98. The van der Waals surface area contributed by atoms with Gasteiger partial charge < -0.3 is 24.9 Å². The van der Waals surface area contributed by atoms with Crippen LogP contribution in [-0.2, 0) is 9.36 Å². The Bertz CT molecular complexity index is 1560. The molecule has 1 heterocycles. The number of aromatic hydroxyl groups is 1. The number of carbonyl (C=O) groups excluding carboxylic acids is 1. The number of hydrogen-bond acceptors (Lipinski definition) is 4. The van der Waals surface area contributed by atoms with Crippen molar-refractivity contribution in [2.45, 2.75) is 25.0 Å². The van der Waals surface area contributed by atoms with E-state index in [1.165, 1.54) is 30.3 Å². The first kappa shape index (κ1) is 26.8. The van der Waals surface area contributed by atoms with E-state index in [1.807, 2.05) is 6.07 Å². The van der Waals surface area contributed by atoms with E-state index in [4.69, 9.17) is 0 Å². The first-order chi connectivity index (χ1) is 18.7. The zero-order valence-corrected chi connectivity index (χ0v) is 21.7. The minimum atomic E-state index is -4.56. The lowest BCUT2D eigenvalue weighted by atomic mass is 9.77. The largest absolute Gasteiger partial charge is 0.508 e. The van der Waals surface area contributed by atoms with Gasteiger partial charge in [0.25, 0.3) is 0 Å². The SMILES string of the molecule is O=C1C(CCC(O)c2ccccc2F)C(c2ccc(-c3ccccc3P(=O)(O)O)cc2O)N1c1ccccc1. The first-order valence-electron chi connectivity index (χ1n) is 12.5. The zero-order valence-electron chi connectivity index (χ0n) is 20.8. The molecule has 1 aliphatic heterocycles. The van der Waals surface area contributed by atoms with Crippen molar-refractivity contribution in [1.82, 2.24) is 0 Å². The van der Waals surface area contributed by atoms with Gasteiger partial charge in [-0.1, -0.05) is 66.7 Å². The number of halogens is 1. The summed E-state index contributed by atoms with van der Waals surface area (Å²) < 4.78 is 26.2. The monoisotopic (exact) mass is 547 g/mol. The van der Waals surface area contributed by atoms with Gasteiger partial charge in [0.15, 0.2) is 0 Å². The van der Waals surface area contributed by atoms with Gasteiger partial charge in [-0.15, -0.1) is 0 Å². The van der Waals surface area contributed by atoms with Crippen LogP contribution in [-0.4, -0.2) is 25.9 Å². The van der Waals surface area contributed by atoms with Crippen LogP contribution in [0.15, 0.2) is 97.1 Å². The molecular weight excluding hydrogens is 520 g/mol. The number of para-hydroxylation sites is 1. The molecule has 3 unspecified atom stereocenters. The van der Waals surface area contributed by atoms with Gasteiger partial charge in [-0.05, 0) is 54.3 Å². The molecular formula is C30H27FNO6P. The predicted molar refractivity (Wildman–Crippen MR) is 146 cm³/mol. The number of rotatable bonds is 8. The Labute approximate surface area is 225 Å². The fraction of sp³-hybridized carbons (Fsp3) is 0.167. The van der Waals surface area contributed by atoms with E-state index in [0.29, 0.717) is 22.4 Å². The van der Waals surface area contributed by atoms with Crippen LogP contribution in [0.1, 0.15) is 36.1 Å². The second-order valence-corrected chi connectivity index (χ2v) is 11.1. The number of aliphatic hydroxyl groups excluding tert-OH is 1. The quantitative estimate of drug-likeness (QED) is 0.178. The predicted octanol–water partition coefficient (Wildman–Crippen LogP) is 5.22. The average molecular weight is 548 g/mol. The van der Waals surface area contributed by atoms with Crippen molar-refractivity contribution < 1.29 is 33.7 Å². The molecule has 0 saturated carbocycles. The molecule has 1 aliphatic rings. The van der Waals surface area contributed by atoms with Crippen molar-refractivity contribution in [3.63, 3.8) is 0 Å². The number of β-lactam (4-membered cyclic amide) rings is 1. The van der Waals surface area contributed by atoms with Gasteiger partial charge >= 0.3 is 7.60 Å². The Kier molecular flexibility index (Phi) is 7.38. The maximum absolute atomic E-state index is 14.2.